The Hall–Kier alpha value is -7.70. The highest BCUT2D eigenvalue weighted by Crippen LogP contribution is 2.43. The summed E-state index contributed by atoms with van der Waals surface area (Å²) in [5, 5.41) is 12.1. The van der Waals surface area contributed by atoms with Crippen LogP contribution in [-0.4, -0.2) is 23.9 Å². The second kappa shape index (κ2) is 11.9. The lowest BCUT2D eigenvalue weighted by Gasteiger charge is -2.17. The number of hydrogen-bond acceptors (Lipinski definition) is 3. The number of fused-ring (bicyclic) bond motifs is 10. The minimum atomic E-state index is 0.681. The van der Waals surface area contributed by atoms with Gasteiger partial charge in [-0.3, -0.25) is 0 Å². The average Bonchev–Trinajstić information content (AvgIpc) is 4.04. The molecule has 0 N–H and O–H groups in total. The smallest absolute Gasteiger partial charge is 0.182 e. The van der Waals surface area contributed by atoms with Gasteiger partial charge in [0.15, 0.2) is 11.6 Å². The van der Waals surface area contributed by atoms with Crippen molar-refractivity contribution in [3.8, 4) is 39.8 Å². The summed E-state index contributed by atoms with van der Waals surface area (Å²) in [5.74, 6) is 1.47. The van der Waals surface area contributed by atoms with Gasteiger partial charge in [0.05, 0.1) is 44.5 Å². The fraction of sp³-hybridized carbons (Fsp3) is 0. The first kappa shape index (κ1) is 30.7. The largest absolute Gasteiger partial charge is 0.456 e. The van der Waals surface area contributed by atoms with Gasteiger partial charge in [0.25, 0.3) is 0 Å². The minimum absolute atomic E-state index is 0.681. The molecule has 0 saturated heterocycles. The van der Waals surface area contributed by atoms with Crippen LogP contribution < -0.4 is 0 Å². The number of para-hydroxylation sites is 5. The standard InChI is InChI=1S/C50H31N5O/c1-3-16-32(17-4-1)49-51-50(33-18-5-2-6-19-33)55(52-49)43-28-15-27-42-46(43)36-21-8-11-24-39(36)53(42)40-25-12-13-26-41(40)54-38-23-10-7-20-34(38)35-30-31-45-47(48(35)54)37-22-9-14-29-44(37)56-45/h1-31H. The van der Waals surface area contributed by atoms with Crippen molar-refractivity contribution in [1.29, 1.82) is 0 Å². The number of nitrogens with zero attached hydrogens (tertiary/aromatic N) is 5. The van der Waals surface area contributed by atoms with Gasteiger partial charge in [0, 0.05) is 38.1 Å². The molecule has 0 atom stereocenters. The molecule has 0 spiro atoms. The second-order valence-electron chi connectivity index (χ2n) is 14.2. The van der Waals surface area contributed by atoms with Crippen molar-refractivity contribution in [2.24, 2.45) is 0 Å². The molecule has 0 aliphatic rings. The Morgan fingerprint density at radius 1 is 0.375 bits per heavy atom. The van der Waals surface area contributed by atoms with E-state index >= 15 is 0 Å². The van der Waals surface area contributed by atoms with E-state index in [4.69, 9.17) is 14.5 Å². The van der Waals surface area contributed by atoms with E-state index in [1.807, 2.05) is 35.0 Å². The number of benzene rings is 8. The van der Waals surface area contributed by atoms with Gasteiger partial charge in [0.1, 0.15) is 11.2 Å². The molecular weight excluding hydrogens is 687 g/mol. The van der Waals surface area contributed by atoms with Gasteiger partial charge in [-0.1, -0.05) is 133 Å². The summed E-state index contributed by atoms with van der Waals surface area (Å²) in [5.41, 5.74) is 11.3. The first-order valence-electron chi connectivity index (χ1n) is 18.9. The molecule has 0 fully saturated rings. The molecule has 0 aliphatic heterocycles. The van der Waals surface area contributed by atoms with E-state index in [1.165, 1.54) is 10.8 Å². The zero-order valence-corrected chi connectivity index (χ0v) is 30.0. The maximum Gasteiger partial charge on any atom is 0.182 e. The molecular formula is C50H31N5O. The molecule has 0 aliphatic carbocycles. The minimum Gasteiger partial charge on any atom is -0.456 e. The molecule has 0 radical (unpaired) electrons. The number of aromatic nitrogens is 5. The Morgan fingerprint density at radius 3 is 1.75 bits per heavy atom. The molecule has 0 bridgehead atoms. The lowest BCUT2D eigenvalue weighted by Crippen LogP contribution is -2.04. The monoisotopic (exact) mass is 717 g/mol. The van der Waals surface area contributed by atoms with Crippen molar-refractivity contribution in [1.82, 2.24) is 23.9 Å². The molecule has 0 saturated carbocycles. The van der Waals surface area contributed by atoms with Crippen LogP contribution in [-0.2, 0) is 0 Å². The van der Waals surface area contributed by atoms with Crippen LogP contribution in [0.1, 0.15) is 0 Å². The average molecular weight is 718 g/mol. The van der Waals surface area contributed by atoms with Crippen molar-refractivity contribution in [2.45, 2.75) is 0 Å². The molecule has 12 aromatic rings. The Balaban J connectivity index is 1.18. The first-order valence-corrected chi connectivity index (χ1v) is 18.9. The van der Waals surface area contributed by atoms with Gasteiger partial charge < -0.3 is 13.6 Å². The van der Waals surface area contributed by atoms with Crippen LogP contribution in [0.5, 0.6) is 0 Å². The van der Waals surface area contributed by atoms with Crippen LogP contribution in [0.25, 0.3) is 105 Å². The van der Waals surface area contributed by atoms with Crippen LogP contribution in [0.4, 0.5) is 0 Å². The lowest BCUT2D eigenvalue weighted by atomic mass is 10.1. The van der Waals surface area contributed by atoms with E-state index in [0.29, 0.717) is 5.82 Å². The van der Waals surface area contributed by atoms with Crippen molar-refractivity contribution in [2.75, 3.05) is 0 Å². The highest BCUT2D eigenvalue weighted by Gasteiger charge is 2.24. The maximum atomic E-state index is 6.46. The van der Waals surface area contributed by atoms with E-state index < -0.39 is 0 Å². The SMILES string of the molecule is c1ccc(-c2nc(-c3ccccc3)n(-c3cccc4c3c3ccccc3n4-c3ccccc3-n3c4ccccc4c4ccc5oc6ccccc6c5c43)n2)cc1. The third-order valence-corrected chi connectivity index (χ3v) is 11.1. The Bertz CT molecular complexity index is 3480. The number of hydrogen-bond donors (Lipinski definition) is 0. The maximum absolute atomic E-state index is 6.46. The van der Waals surface area contributed by atoms with Crippen LogP contribution in [0, 0.1) is 0 Å². The Labute approximate surface area is 320 Å². The molecule has 0 amide bonds. The van der Waals surface area contributed by atoms with E-state index in [1.54, 1.807) is 0 Å². The summed E-state index contributed by atoms with van der Waals surface area (Å²) in [6, 6.07) is 65.9. The molecule has 12 rings (SSSR count). The summed E-state index contributed by atoms with van der Waals surface area (Å²) in [7, 11) is 0. The molecule has 6 nitrogen and oxygen atoms in total. The van der Waals surface area contributed by atoms with E-state index in [0.717, 1.165) is 88.8 Å². The summed E-state index contributed by atoms with van der Waals surface area (Å²) >= 11 is 0. The summed E-state index contributed by atoms with van der Waals surface area (Å²) in [6.07, 6.45) is 0. The molecule has 56 heavy (non-hydrogen) atoms. The number of furan rings is 1. The van der Waals surface area contributed by atoms with Gasteiger partial charge in [-0.2, -0.15) is 0 Å². The van der Waals surface area contributed by atoms with Gasteiger partial charge in [0.2, 0.25) is 0 Å². The zero-order chi connectivity index (χ0) is 36.7. The van der Waals surface area contributed by atoms with E-state index in [-0.39, 0.29) is 0 Å². The third kappa shape index (κ3) is 4.38. The van der Waals surface area contributed by atoms with Crippen molar-refractivity contribution in [3.63, 3.8) is 0 Å². The van der Waals surface area contributed by atoms with Crippen LogP contribution >= 0.6 is 0 Å². The molecule has 4 aromatic heterocycles. The quantitative estimate of drug-likeness (QED) is 0.178. The molecule has 262 valence electrons. The first-order chi connectivity index (χ1) is 27.8. The summed E-state index contributed by atoms with van der Waals surface area (Å²) in [6.45, 7) is 0. The van der Waals surface area contributed by atoms with Crippen molar-refractivity contribution < 1.29 is 4.42 Å². The molecule has 6 heteroatoms. The normalized spacial score (nSPS) is 11.9. The highest BCUT2D eigenvalue weighted by atomic mass is 16.3. The molecule has 4 heterocycles. The predicted octanol–water partition coefficient (Wildman–Crippen LogP) is 12.7. The van der Waals surface area contributed by atoms with Crippen LogP contribution in [0.2, 0.25) is 0 Å². The molecule has 0 unspecified atom stereocenters. The fourth-order valence-electron chi connectivity index (χ4n) is 8.76. The third-order valence-electron chi connectivity index (χ3n) is 11.1. The van der Waals surface area contributed by atoms with Gasteiger partial charge >= 0.3 is 0 Å². The van der Waals surface area contributed by atoms with E-state index in [2.05, 4.69) is 167 Å². The second-order valence-corrected chi connectivity index (χ2v) is 14.2. The summed E-state index contributed by atoms with van der Waals surface area (Å²) in [4.78, 5) is 5.16. The number of rotatable bonds is 5. The zero-order valence-electron chi connectivity index (χ0n) is 30.0. The lowest BCUT2D eigenvalue weighted by molar-refractivity contribution is 0.669. The topological polar surface area (TPSA) is 53.7 Å². The highest BCUT2D eigenvalue weighted by molar-refractivity contribution is 6.24. The van der Waals surface area contributed by atoms with E-state index in [9.17, 15) is 0 Å². The summed E-state index contributed by atoms with van der Waals surface area (Å²) < 4.78 is 13.3. The predicted molar refractivity (Wildman–Crippen MR) is 228 cm³/mol. The Kier molecular flexibility index (Phi) is 6.53. The molecule has 8 aromatic carbocycles. The van der Waals surface area contributed by atoms with Crippen molar-refractivity contribution >= 4 is 65.6 Å². The van der Waals surface area contributed by atoms with Crippen LogP contribution in [0.3, 0.4) is 0 Å². The van der Waals surface area contributed by atoms with Gasteiger partial charge in [-0.15, -0.1) is 5.10 Å². The Morgan fingerprint density at radius 2 is 0.964 bits per heavy atom. The fourth-order valence-corrected chi connectivity index (χ4v) is 8.76. The van der Waals surface area contributed by atoms with Gasteiger partial charge in [-0.05, 0) is 54.6 Å². The van der Waals surface area contributed by atoms with Crippen LogP contribution in [0.15, 0.2) is 192 Å². The van der Waals surface area contributed by atoms with Crippen molar-refractivity contribution in [3.05, 3.63) is 188 Å². The van der Waals surface area contributed by atoms with Gasteiger partial charge in [-0.25, -0.2) is 9.67 Å².